The number of phenolic OH excluding ortho intramolecular Hbond substituents is 1. The van der Waals surface area contributed by atoms with Gasteiger partial charge in [0.2, 0.25) is 0 Å². The molecule has 4 heteroatoms. The molecule has 0 fully saturated rings. The number of phenols is 1. The lowest BCUT2D eigenvalue weighted by molar-refractivity contribution is 0.0504. The van der Waals surface area contributed by atoms with Gasteiger partial charge in [-0.2, -0.15) is 0 Å². The molecule has 0 atom stereocenters. The second-order valence-corrected chi connectivity index (χ2v) is 3.02. The first kappa shape index (κ1) is 9.35. The number of hydrogen-bond donors (Lipinski definition) is 1. The van der Waals surface area contributed by atoms with Crippen molar-refractivity contribution in [3.63, 3.8) is 0 Å². The lowest BCUT2D eigenvalue weighted by Crippen LogP contribution is -1.98. The van der Waals surface area contributed by atoms with Crippen LogP contribution in [-0.4, -0.2) is 19.0 Å². The van der Waals surface area contributed by atoms with Gasteiger partial charge in [0.15, 0.2) is 6.79 Å². The molecule has 0 saturated carbocycles. The Labute approximate surface area is 79.1 Å². The molecule has 1 aromatic rings. The van der Waals surface area contributed by atoms with E-state index in [0.717, 1.165) is 4.47 Å². The summed E-state index contributed by atoms with van der Waals surface area (Å²) >= 11 is 3.27. The number of methoxy groups -OCH3 is 1. The zero-order valence-electron chi connectivity index (χ0n) is 6.58. The van der Waals surface area contributed by atoms with Crippen molar-refractivity contribution in [2.24, 2.45) is 0 Å². The number of halogens is 1. The molecule has 0 radical (unpaired) electrons. The van der Waals surface area contributed by atoms with E-state index in [-0.39, 0.29) is 12.5 Å². The van der Waals surface area contributed by atoms with Crippen molar-refractivity contribution < 1.29 is 14.6 Å². The minimum absolute atomic E-state index is 0.169. The Morgan fingerprint density at radius 2 is 2.25 bits per heavy atom. The standard InChI is InChI=1S/C8H9BrO3/c1-11-5-12-8-4-6(10)2-3-7(8)9/h2-4,10H,5H2,1H3. The Balaban J connectivity index is 2.75. The summed E-state index contributed by atoms with van der Waals surface area (Å²) in [4.78, 5) is 0. The summed E-state index contributed by atoms with van der Waals surface area (Å²) in [6.07, 6.45) is 0. The molecule has 0 saturated heterocycles. The summed E-state index contributed by atoms with van der Waals surface area (Å²) < 4.78 is 10.6. The third kappa shape index (κ3) is 2.39. The van der Waals surface area contributed by atoms with Crippen LogP contribution >= 0.6 is 15.9 Å². The van der Waals surface area contributed by atoms with Gasteiger partial charge in [-0.1, -0.05) is 0 Å². The Morgan fingerprint density at radius 1 is 1.50 bits per heavy atom. The van der Waals surface area contributed by atoms with Gasteiger partial charge in [0.25, 0.3) is 0 Å². The average molecular weight is 233 g/mol. The molecule has 66 valence electrons. The lowest BCUT2D eigenvalue weighted by Gasteiger charge is -2.06. The summed E-state index contributed by atoms with van der Waals surface area (Å²) in [6, 6.07) is 4.80. The van der Waals surface area contributed by atoms with E-state index in [2.05, 4.69) is 15.9 Å². The maximum absolute atomic E-state index is 9.10. The second-order valence-electron chi connectivity index (χ2n) is 2.17. The third-order valence-electron chi connectivity index (χ3n) is 1.25. The quantitative estimate of drug-likeness (QED) is 0.813. The van der Waals surface area contributed by atoms with Crippen LogP contribution in [0.25, 0.3) is 0 Å². The number of aromatic hydroxyl groups is 1. The van der Waals surface area contributed by atoms with Crippen LogP contribution in [0.3, 0.4) is 0 Å². The summed E-state index contributed by atoms with van der Waals surface area (Å²) in [5.41, 5.74) is 0. The predicted molar refractivity (Wildman–Crippen MR) is 48.3 cm³/mol. The molecule has 0 unspecified atom stereocenters. The zero-order valence-corrected chi connectivity index (χ0v) is 8.17. The van der Waals surface area contributed by atoms with Gasteiger partial charge in [-0.05, 0) is 28.1 Å². The Kier molecular flexibility index (Phi) is 3.37. The van der Waals surface area contributed by atoms with Crippen LogP contribution in [0.5, 0.6) is 11.5 Å². The smallest absolute Gasteiger partial charge is 0.188 e. The molecule has 0 amide bonds. The monoisotopic (exact) mass is 232 g/mol. The van der Waals surface area contributed by atoms with E-state index in [1.54, 1.807) is 12.1 Å². The zero-order chi connectivity index (χ0) is 8.97. The first-order chi connectivity index (χ1) is 5.74. The highest BCUT2D eigenvalue weighted by molar-refractivity contribution is 9.10. The predicted octanol–water partition coefficient (Wildman–Crippen LogP) is 2.14. The largest absolute Gasteiger partial charge is 0.508 e. The number of ether oxygens (including phenoxy) is 2. The minimum atomic E-state index is 0.169. The van der Waals surface area contributed by atoms with Gasteiger partial charge in [-0.25, -0.2) is 0 Å². The van der Waals surface area contributed by atoms with Gasteiger partial charge in [-0.15, -0.1) is 0 Å². The molecule has 3 nitrogen and oxygen atoms in total. The molecule has 0 aromatic heterocycles. The van der Waals surface area contributed by atoms with Gasteiger partial charge >= 0.3 is 0 Å². The van der Waals surface area contributed by atoms with Crippen molar-refractivity contribution >= 4 is 15.9 Å². The first-order valence-corrected chi connectivity index (χ1v) is 4.13. The van der Waals surface area contributed by atoms with Crippen molar-refractivity contribution in [3.05, 3.63) is 22.7 Å². The maximum atomic E-state index is 9.10. The fraction of sp³-hybridized carbons (Fsp3) is 0.250. The van der Waals surface area contributed by atoms with Crippen LogP contribution in [0.2, 0.25) is 0 Å². The van der Waals surface area contributed by atoms with E-state index < -0.39 is 0 Å². The third-order valence-corrected chi connectivity index (χ3v) is 1.90. The fourth-order valence-corrected chi connectivity index (χ4v) is 1.09. The Bertz CT molecular complexity index is 262. The molecule has 0 heterocycles. The van der Waals surface area contributed by atoms with Gasteiger partial charge in [-0.3, -0.25) is 0 Å². The highest BCUT2D eigenvalue weighted by Crippen LogP contribution is 2.28. The summed E-state index contributed by atoms with van der Waals surface area (Å²) in [7, 11) is 1.54. The highest BCUT2D eigenvalue weighted by atomic mass is 79.9. The average Bonchev–Trinajstić information content (AvgIpc) is 2.07. The highest BCUT2D eigenvalue weighted by Gasteiger charge is 2.00. The van der Waals surface area contributed by atoms with Gasteiger partial charge in [0, 0.05) is 13.2 Å². The van der Waals surface area contributed by atoms with E-state index in [9.17, 15) is 0 Å². The normalized spacial score (nSPS) is 9.83. The molecule has 0 aliphatic heterocycles. The van der Waals surface area contributed by atoms with Crippen molar-refractivity contribution in [2.75, 3.05) is 13.9 Å². The molecule has 0 aliphatic carbocycles. The molecule has 1 rings (SSSR count). The first-order valence-electron chi connectivity index (χ1n) is 3.34. The summed E-state index contributed by atoms with van der Waals surface area (Å²) in [5.74, 6) is 0.737. The van der Waals surface area contributed by atoms with Gasteiger partial charge in [0.1, 0.15) is 11.5 Å². The van der Waals surface area contributed by atoms with Crippen molar-refractivity contribution in [1.29, 1.82) is 0 Å². The van der Waals surface area contributed by atoms with Crippen molar-refractivity contribution in [3.8, 4) is 11.5 Å². The molecule has 1 N–H and O–H groups in total. The van der Waals surface area contributed by atoms with Crippen LogP contribution in [-0.2, 0) is 4.74 Å². The van der Waals surface area contributed by atoms with Crippen LogP contribution in [0.15, 0.2) is 22.7 Å². The minimum Gasteiger partial charge on any atom is -0.508 e. The fourth-order valence-electron chi connectivity index (χ4n) is 0.725. The van der Waals surface area contributed by atoms with Crippen LogP contribution < -0.4 is 4.74 Å². The van der Waals surface area contributed by atoms with E-state index in [1.165, 1.54) is 13.2 Å². The van der Waals surface area contributed by atoms with Gasteiger partial charge in [0.05, 0.1) is 4.47 Å². The molecular weight excluding hydrogens is 224 g/mol. The molecular formula is C8H9BrO3. The van der Waals surface area contributed by atoms with E-state index in [4.69, 9.17) is 14.6 Å². The molecule has 0 spiro atoms. The number of hydrogen-bond acceptors (Lipinski definition) is 3. The number of rotatable bonds is 3. The molecule has 0 bridgehead atoms. The Morgan fingerprint density at radius 3 is 2.92 bits per heavy atom. The van der Waals surface area contributed by atoms with Crippen LogP contribution in [0.4, 0.5) is 0 Å². The van der Waals surface area contributed by atoms with E-state index >= 15 is 0 Å². The molecule has 1 aromatic carbocycles. The number of benzene rings is 1. The van der Waals surface area contributed by atoms with E-state index in [0.29, 0.717) is 5.75 Å². The van der Waals surface area contributed by atoms with Gasteiger partial charge < -0.3 is 14.6 Å². The van der Waals surface area contributed by atoms with Crippen LogP contribution in [0.1, 0.15) is 0 Å². The molecule has 0 aliphatic rings. The van der Waals surface area contributed by atoms with E-state index in [1.807, 2.05) is 0 Å². The summed E-state index contributed by atoms with van der Waals surface area (Å²) in [6.45, 7) is 0.169. The Hall–Kier alpha value is -0.740. The van der Waals surface area contributed by atoms with Crippen LogP contribution in [0, 0.1) is 0 Å². The topological polar surface area (TPSA) is 38.7 Å². The second kappa shape index (κ2) is 4.33. The SMILES string of the molecule is COCOc1cc(O)ccc1Br. The van der Waals surface area contributed by atoms with Crippen molar-refractivity contribution in [1.82, 2.24) is 0 Å². The lowest BCUT2D eigenvalue weighted by atomic mass is 10.3. The maximum Gasteiger partial charge on any atom is 0.188 e. The summed E-state index contributed by atoms with van der Waals surface area (Å²) in [5, 5.41) is 9.10. The van der Waals surface area contributed by atoms with Crippen molar-refractivity contribution in [2.45, 2.75) is 0 Å². The molecule has 12 heavy (non-hydrogen) atoms.